The predicted molar refractivity (Wildman–Crippen MR) is 114 cm³/mol. The lowest BCUT2D eigenvalue weighted by Gasteiger charge is -2.59. The largest absolute Gasteiger partial charge is 0.481 e. The summed E-state index contributed by atoms with van der Waals surface area (Å²) in [4.78, 5) is 36.8. The van der Waals surface area contributed by atoms with Gasteiger partial charge >= 0.3 is 5.97 Å². The van der Waals surface area contributed by atoms with E-state index in [0.29, 0.717) is 37.7 Å². The molecule has 31 heavy (non-hydrogen) atoms. The molecular formula is C23H32O7S. The van der Waals surface area contributed by atoms with Gasteiger partial charge in [-0.25, -0.2) is 0 Å². The number of fused-ring (bicyclic) bond motifs is 5. The van der Waals surface area contributed by atoms with Gasteiger partial charge in [0, 0.05) is 17.3 Å². The van der Waals surface area contributed by atoms with Crippen molar-refractivity contribution >= 4 is 29.3 Å². The summed E-state index contributed by atoms with van der Waals surface area (Å²) < 4.78 is 0. The molecule has 0 aromatic rings. The number of allylic oxidation sites excluding steroid dienone is 1. The molecule has 0 bridgehead atoms. The zero-order chi connectivity index (χ0) is 22.8. The van der Waals surface area contributed by atoms with Crippen molar-refractivity contribution in [3.63, 3.8) is 0 Å². The Morgan fingerprint density at radius 2 is 1.81 bits per heavy atom. The number of aliphatic hydroxyl groups is 3. The Kier molecular flexibility index (Phi) is 5.69. The molecule has 4 aliphatic carbocycles. The van der Waals surface area contributed by atoms with Crippen LogP contribution in [0.25, 0.3) is 0 Å². The third kappa shape index (κ3) is 3.33. The lowest BCUT2D eigenvalue weighted by Crippen LogP contribution is -2.61. The quantitative estimate of drug-likeness (QED) is 0.494. The van der Waals surface area contributed by atoms with Crippen molar-refractivity contribution in [2.45, 2.75) is 70.2 Å². The monoisotopic (exact) mass is 452 g/mol. The van der Waals surface area contributed by atoms with E-state index in [1.165, 1.54) is 0 Å². The average molecular weight is 453 g/mol. The van der Waals surface area contributed by atoms with Crippen LogP contribution in [0.5, 0.6) is 0 Å². The van der Waals surface area contributed by atoms with Gasteiger partial charge in [0.1, 0.15) is 5.78 Å². The molecule has 0 saturated heterocycles. The first kappa shape index (κ1) is 23.0. The Bertz CT molecular complexity index is 840. The number of carboxylic acids is 1. The first-order valence-corrected chi connectivity index (χ1v) is 12.3. The maximum absolute atomic E-state index is 13.1. The summed E-state index contributed by atoms with van der Waals surface area (Å²) in [5, 5.41) is 41.3. The second-order valence-corrected chi connectivity index (χ2v) is 11.4. The fourth-order valence-electron chi connectivity index (χ4n) is 7.23. The molecular weight excluding hydrogens is 420 g/mol. The minimum atomic E-state index is -1.27. The zero-order valence-corrected chi connectivity index (χ0v) is 18.9. The van der Waals surface area contributed by atoms with E-state index in [2.05, 4.69) is 0 Å². The van der Waals surface area contributed by atoms with Gasteiger partial charge in [-0.05, 0) is 61.5 Å². The average Bonchev–Trinajstić information content (AvgIpc) is 2.96. The van der Waals surface area contributed by atoms with Crippen molar-refractivity contribution < 1.29 is 34.8 Å². The molecule has 0 spiro atoms. The fraction of sp³-hybridized carbons (Fsp3) is 0.783. The molecule has 0 aromatic carbocycles. The smallest absolute Gasteiger partial charge is 0.313 e. The lowest BCUT2D eigenvalue weighted by molar-refractivity contribution is -0.153. The van der Waals surface area contributed by atoms with Gasteiger partial charge in [0.05, 0.1) is 29.3 Å². The number of Topliss-reactive ketones (excluding diaryl/α,β-unsaturated/α-hetero) is 1. The van der Waals surface area contributed by atoms with Crippen LogP contribution in [0.15, 0.2) is 11.6 Å². The van der Waals surface area contributed by atoms with Crippen LogP contribution in [-0.4, -0.2) is 67.3 Å². The second-order valence-electron chi connectivity index (χ2n) is 10.4. The Labute approximate surface area is 186 Å². The predicted octanol–water partition coefficient (Wildman–Crippen LogP) is 1.58. The summed E-state index contributed by atoms with van der Waals surface area (Å²) in [6.07, 6.45) is 2.56. The minimum Gasteiger partial charge on any atom is -0.481 e. The number of ketones is 2. The third-order valence-corrected chi connectivity index (χ3v) is 9.92. The number of carboxylic acid groups (broad SMARTS) is 1. The number of aliphatic carboxylic acids is 1. The van der Waals surface area contributed by atoms with Crippen LogP contribution < -0.4 is 0 Å². The van der Waals surface area contributed by atoms with Crippen LogP contribution in [0, 0.1) is 28.6 Å². The summed E-state index contributed by atoms with van der Waals surface area (Å²) in [6.45, 7) is 3.92. The Balaban J connectivity index is 1.64. The van der Waals surface area contributed by atoms with Crippen molar-refractivity contribution in [3.05, 3.63) is 11.6 Å². The maximum Gasteiger partial charge on any atom is 0.313 e. The van der Waals surface area contributed by atoms with Crippen LogP contribution in [0.1, 0.15) is 52.4 Å². The molecule has 4 rings (SSSR count). The molecule has 1 unspecified atom stereocenters. The van der Waals surface area contributed by atoms with Crippen molar-refractivity contribution in [3.8, 4) is 0 Å². The van der Waals surface area contributed by atoms with Crippen LogP contribution in [0.2, 0.25) is 0 Å². The molecule has 172 valence electrons. The highest BCUT2D eigenvalue weighted by Gasteiger charge is 2.67. The van der Waals surface area contributed by atoms with Crippen molar-refractivity contribution in [2.75, 3.05) is 11.5 Å². The van der Waals surface area contributed by atoms with Crippen molar-refractivity contribution in [2.24, 2.45) is 28.6 Å². The second kappa shape index (κ2) is 7.68. The summed E-state index contributed by atoms with van der Waals surface area (Å²) >= 11 is 1.08. The van der Waals surface area contributed by atoms with E-state index in [-0.39, 0.29) is 47.2 Å². The normalized spacial score (nSPS) is 46.5. The van der Waals surface area contributed by atoms with E-state index in [4.69, 9.17) is 5.11 Å². The first-order chi connectivity index (χ1) is 14.4. The van der Waals surface area contributed by atoms with E-state index >= 15 is 0 Å². The number of thioether (sulfide) groups is 1. The van der Waals surface area contributed by atoms with E-state index in [9.17, 15) is 29.7 Å². The minimum absolute atomic E-state index is 0.0360. The van der Waals surface area contributed by atoms with Gasteiger partial charge in [-0.1, -0.05) is 13.8 Å². The fourth-order valence-corrected chi connectivity index (χ4v) is 7.91. The van der Waals surface area contributed by atoms with Gasteiger partial charge < -0.3 is 20.4 Å². The van der Waals surface area contributed by atoms with Crippen LogP contribution in [0.4, 0.5) is 0 Å². The van der Waals surface area contributed by atoms with Crippen molar-refractivity contribution in [1.29, 1.82) is 0 Å². The van der Waals surface area contributed by atoms with Gasteiger partial charge in [-0.2, -0.15) is 0 Å². The van der Waals surface area contributed by atoms with Crippen LogP contribution in [-0.2, 0) is 14.4 Å². The van der Waals surface area contributed by atoms with E-state index in [1.54, 1.807) is 6.08 Å². The summed E-state index contributed by atoms with van der Waals surface area (Å²) in [6, 6.07) is 0. The highest BCUT2D eigenvalue weighted by molar-refractivity contribution is 8.00. The lowest BCUT2D eigenvalue weighted by atomic mass is 9.46. The molecule has 4 N–H and O–H groups in total. The summed E-state index contributed by atoms with van der Waals surface area (Å²) in [5.41, 5.74) is -1.80. The molecule has 8 atom stereocenters. The topological polar surface area (TPSA) is 132 Å². The standard InChI is InChI=1S/C23H32O7S/c1-21-9-18(26)17(25)8-15(21)16(24)7-14-12(21)3-5-22(2)13(4-6-23(14,22)30)19(27)10-31-11-20(28)29/h7,12-13,15,17-18,25-26,30H,3-6,8-11H2,1-2H3,(H,28,29)/t12?,13-,15+,17-,18+,21-,22-,23-/m1/s1. The summed E-state index contributed by atoms with van der Waals surface area (Å²) in [5.74, 6) is -1.95. The maximum atomic E-state index is 13.1. The van der Waals surface area contributed by atoms with Crippen molar-refractivity contribution in [1.82, 2.24) is 0 Å². The summed E-state index contributed by atoms with van der Waals surface area (Å²) in [7, 11) is 0. The Morgan fingerprint density at radius 3 is 2.48 bits per heavy atom. The molecule has 0 aromatic heterocycles. The number of carbonyl (C=O) groups is 3. The van der Waals surface area contributed by atoms with Gasteiger partial charge in [0.2, 0.25) is 0 Å². The highest BCUT2D eigenvalue weighted by Crippen LogP contribution is 2.67. The molecule has 7 nitrogen and oxygen atoms in total. The molecule has 3 saturated carbocycles. The first-order valence-electron chi connectivity index (χ1n) is 11.1. The van der Waals surface area contributed by atoms with Gasteiger partial charge in [0.25, 0.3) is 0 Å². The molecule has 3 fully saturated rings. The molecule has 0 aliphatic heterocycles. The number of carbonyl (C=O) groups excluding carboxylic acids is 2. The van der Waals surface area contributed by atoms with E-state index in [0.717, 1.165) is 11.8 Å². The number of aliphatic hydroxyl groups excluding tert-OH is 2. The number of hydrogen-bond donors (Lipinski definition) is 4. The molecule has 0 amide bonds. The van der Waals surface area contributed by atoms with E-state index in [1.807, 2.05) is 13.8 Å². The Hall–Kier alpha value is -1.22. The number of hydrogen-bond acceptors (Lipinski definition) is 7. The molecule has 0 radical (unpaired) electrons. The number of rotatable bonds is 5. The van der Waals surface area contributed by atoms with Gasteiger partial charge in [-0.15, -0.1) is 11.8 Å². The van der Waals surface area contributed by atoms with Crippen LogP contribution in [0.3, 0.4) is 0 Å². The Morgan fingerprint density at radius 1 is 1.10 bits per heavy atom. The SMILES string of the molecule is C[C@]12C[C@H](O)[C@H](O)C[C@H]1C(=O)C=C1C2CC[C@]2(C)[C@@H](C(=O)CSCC(=O)O)CC[C@@]12O. The molecule has 8 heteroatoms. The van der Waals surface area contributed by atoms with Crippen LogP contribution >= 0.6 is 11.8 Å². The van der Waals surface area contributed by atoms with Gasteiger partial charge in [0.15, 0.2) is 5.78 Å². The molecule has 0 heterocycles. The highest BCUT2D eigenvalue weighted by atomic mass is 32.2. The zero-order valence-electron chi connectivity index (χ0n) is 18.0. The molecule has 4 aliphatic rings. The van der Waals surface area contributed by atoms with Gasteiger partial charge in [-0.3, -0.25) is 14.4 Å². The van der Waals surface area contributed by atoms with E-state index < -0.39 is 34.6 Å². The third-order valence-electron chi connectivity index (χ3n) is 8.98.